The van der Waals surface area contributed by atoms with Crippen LogP contribution >= 0.6 is 11.6 Å². The van der Waals surface area contributed by atoms with Gasteiger partial charge in [0.25, 0.3) is 0 Å². The molecule has 4 N–H and O–H groups in total. The van der Waals surface area contributed by atoms with Crippen LogP contribution in [0.2, 0.25) is 5.02 Å². The van der Waals surface area contributed by atoms with Gasteiger partial charge in [-0.2, -0.15) is 0 Å². The van der Waals surface area contributed by atoms with Gasteiger partial charge in [0.2, 0.25) is 18.4 Å². The van der Waals surface area contributed by atoms with Crippen LogP contribution < -0.4 is 0 Å². The maximum absolute atomic E-state index is 12.0. The van der Waals surface area contributed by atoms with Crippen molar-refractivity contribution < 1.29 is 46.3 Å². The summed E-state index contributed by atoms with van der Waals surface area (Å²) in [7, 11) is 1.02. The van der Waals surface area contributed by atoms with Crippen molar-refractivity contribution >= 4 is 34.9 Å². The predicted molar refractivity (Wildman–Crippen MR) is 116 cm³/mol. The molecule has 4 rings (SSSR count). The molecule has 1 saturated heterocycles. The van der Waals surface area contributed by atoms with E-state index in [9.17, 15) is 25.2 Å². The summed E-state index contributed by atoms with van der Waals surface area (Å²) in [6, 6.07) is 1.08. The number of aliphatic hydroxyl groups is 4. The van der Waals surface area contributed by atoms with Gasteiger partial charge in [-0.1, -0.05) is 41.8 Å². The molecule has 10 nitrogen and oxygen atoms in total. The molecular weight excluding hydrogens is 456 g/mol. The fraction of sp³-hybridized carbons (Fsp3) is 0.318. The Morgan fingerprint density at radius 2 is 1.85 bits per heavy atom. The number of aliphatic imine (C=N–C) groups is 2. The molecule has 1 fully saturated rings. The molecule has 174 valence electrons. The molecule has 2 aliphatic rings. The highest BCUT2D eigenvalue weighted by Crippen LogP contribution is 2.31. The Labute approximate surface area is 200 Å². The summed E-state index contributed by atoms with van der Waals surface area (Å²) in [5, 5.41) is 41.7. The second kappa shape index (κ2) is 9.56. The summed E-state index contributed by atoms with van der Waals surface area (Å²) in [6.45, 7) is 0. The molecule has 6 atom stereocenters. The lowest BCUT2D eigenvalue weighted by Gasteiger charge is -2.38. The molecule has 0 amide bonds. The average molecular weight is 482 g/mol. The number of halogens is 1. The molecule has 33 heavy (non-hydrogen) atoms. The summed E-state index contributed by atoms with van der Waals surface area (Å²) in [5.74, 6) is -1.67. The van der Waals surface area contributed by atoms with Crippen LogP contribution in [0.15, 0.2) is 58.4 Å². The predicted octanol–water partition coefficient (Wildman–Crippen LogP) is 0.537. The van der Waals surface area contributed by atoms with E-state index in [1.54, 1.807) is 0 Å². The zero-order valence-corrected chi connectivity index (χ0v) is 17.6. The first-order valence-electron chi connectivity index (χ1n) is 12.0. The van der Waals surface area contributed by atoms with Crippen molar-refractivity contribution in [3.8, 4) is 0 Å². The van der Waals surface area contributed by atoms with E-state index in [4.69, 9.17) is 27.9 Å². The van der Waals surface area contributed by atoms with Gasteiger partial charge in [-0.25, -0.2) is 14.8 Å². The SMILES string of the molecule is [2H]c1c([2H])c([2H])c(C2=NC(O)C(O[C@@H]3O[C@H](C(=O)OC)[C@@H](O)[C@H](O)[C@H]3O)=Nc3ccc(Cl)cc32)c([2H])c1[2H]. The van der Waals surface area contributed by atoms with Crippen molar-refractivity contribution in [2.75, 3.05) is 7.11 Å². The molecule has 0 aromatic heterocycles. The summed E-state index contributed by atoms with van der Waals surface area (Å²) in [4.78, 5) is 20.3. The van der Waals surface area contributed by atoms with E-state index in [0.29, 0.717) is 0 Å². The molecule has 2 aromatic rings. The van der Waals surface area contributed by atoms with Crippen molar-refractivity contribution in [2.45, 2.75) is 36.9 Å². The van der Waals surface area contributed by atoms with E-state index >= 15 is 0 Å². The summed E-state index contributed by atoms with van der Waals surface area (Å²) >= 11 is 6.14. The first-order valence-corrected chi connectivity index (χ1v) is 9.91. The van der Waals surface area contributed by atoms with Crippen molar-refractivity contribution in [3.05, 3.63) is 64.6 Å². The van der Waals surface area contributed by atoms with Crippen LogP contribution in [0.5, 0.6) is 0 Å². The normalized spacial score (nSPS) is 31.4. The maximum Gasteiger partial charge on any atom is 0.337 e. The molecule has 0 radical (unpaired) electrons. The number of hydrogen-bond acceptors (Lipinski definition) is 10. The van der Waals surface area contributed by atoms with Crippen LogP contribution in [0.1, 0.15) is 18.0 Å². The number of esters is 1. The zero-order chi connectivity index (χ0) is 28.0. The van der Waals surface area contributed by atoms with Crippen molar-refractivity contribution in [3.63, 3.8) is 0 Å². The second-order valence-electron chi connectivity index (χ2n) is 7.00. The van der Waals surface area contributed by atoms with Crippen LogP contribution in [0.3, 0.4) is 0 Å². The van der Waals surface area contributed by atoms with Crippen molar-refractivity contribution in [1.29, 1.82) is 0 Å². The maximum atomic E-state index is 12.0. The number of rotatable bonds is 3. The molecule has 2 aliphatic heterocycles. The van der Waals surface area contributed by atoms with E-state index in [2.05, 4.69) is 14.7 Å². The zero-order valence-electron chi connectivity index (χ0n) is 21.9. The number of fused-ring (bicyclic) bond motifs is 1. The lowest BCUT2D eigenvalue weighted by Crippen LogP contribution is -2.61. The third kappa shape index (κ3) is 4.62. The molecule has 0 saturated carbocycles. The number of aliphatic hydroxyl groups excluding tert-OH is 4. The number of carbonyl (C=O) groups excluding carboxylic acids is 1. The standard InChI is InChI=1S/C22H21ClN2O8/c1-31-21(30)18-16(27)15(26)17(28)22(32-18)33-20-19(29)25-14(10-5-3-2-4-6-10)12-9-11(23)7-8-13(12)24-20/h2-9,15-19,22,26-29H,1H3/t15-,16-,17+,18-,19?,22-/m0/s1/i2D,3D,4D,5D,6D. The number of hydrogen-bond donors (Lipinski definition) is 4. The van der Waals surface area contributed by atoms with Gasteiger partial charge in [0.1, 0.15) is 18.3 Å². The Morgan fingerprint density at radius 3 is 2.55 bits per heavy atom. The Morgan fingerprint density at radius 1 is 1.12 bits per heavy atom. The molecule has 2 heterocycles. The van der Waals surface area contributed by atoms with E-state index in [0.717, 1.165) is 7.11 Å². The van der Waals surface area contributed by atoms with Crippen molar-refractivity contribution in [1.82, 2.24) is 0 Å². The molecule has 11 heteroatoms. The van der Waals surface area contributed by atoms with E-state index in [-0.39, 0.29) is 27.5 Å². The Kier molecular flexibility index (Phi) is 5.09. The number of carbonyl (C=O) groups is 1. The van der Waals surface area contributed by atoms with Crippen molar-refractivity contribution in [2.24, 2.45) is 9.98 Å². The van der Waals surface area contributed by atoms with Gasteiger partial charge in [0, 0.05) is 16.1 Å². The summed E-state index contributed by atoms with van der Waals surface area (Å²) < 4.78 is 55.8. The Balaban J connectivity index is 1.81. The molecule has 0 aliphatic carbocycles. The number of methoxy groups -OCH3 is 1. The van der Waals surface area contributed by atoms with Gasteiger partial charge in [-0.3, -0.25) is 0 Å². The fourth-order valence-electron chi connectivity index (χ4n) is 3.25. The lowest BCUT2D eigenvalue weighted by atomic mass is 9.99. The lowest BCUT2D eigenvalue weighted by molar-refractivity contribution is -0.276. The van der Waals surface area contributed by atoms with Crippen LogP contribution in [0, 0.1) is 0 Å². The van der Waals surface area contributed by atoms with E-state index in [1.807, 2.05) is 0 Å². The second-order valence-corrected chi connectivity index (χ2v) is 7.44. The monoisotopic (exact) mass is 481 g/mol. The minimum Gasteiger partial charge on any atom is -0.467 e. The summed E-state index contributed by atoms with van der Waals surface area (Å²) in [5.41, 5.74) is -0.459. The van der Waals surface area contributed by atoms with Crippen LogP contribution in [-0.2, 0) is 19.0 Å². The Bertz CT molecular complexity index is 1330. The first kappa shape index (κ1) is 17.6. The summed E-state index contributed by atoms with van der Waals surface area (Å²) in [6.07, 6.45) is -11.2. The minimum atomic E-state index is -1.98. The minimum absolute atomic E-state index is 0.0434. The molecular formula is C22H21ClN2O8. The van der Waals surface area contributed by atoms with Gasteiger partial charge < -0.3 is 34.6 Å². The van der Waals surface area contributed by atoms with Gasteiger partial charge in [-0.05, 0) is 18.2 Å². The van der Waals surface area contributed by atoms with Gasteiger partial charge in [0.05, 0.1) is 25.4 Å². The molecule has 0 bridgehead atoms. The third-order valence-corrected chi connectivity index (χ3v) is 5.13. The average Bonchev–Trinajstić information content (AvgIpc) is 3.02. The van der Waals surface area contributed by atoms with E-state index < -0.39 is 79.0 Å². The van der Waals surface area contributed by atoms with E-state index in [1.165, 1.54) is 18.2 Å². The number of ether oxygens (including phenoxy) is 3. The van der Waals surface area contributed by atoms with Gasteiger partial charge in [-0.15, -0.1) is 0 Å². The molecule has 1 unspecified atom stereocenters. The van der Waals surface area contributed by atoms with Crippen LogP contribution in [0.4, 0.5) is 5.69 Å². The van der Waals surface area contributed by atoms with Crippen LogP contribution in [-0.4, -0.2) is 82.0 Å². The van der Waals surface area contributed by atoms with Crippen LogP contribution in [0.25, 0.3) is 0 Å². The fourth-order valence-corrected chi connectivity index (χ4v) is 3.42. The largest absolute Gasteiger partial charge is 0.467 e. The highest BCUT2D eigenvalue weighted by molar-refractivity contribution is 6.31. The van der Waals surface area contributed by atoms with Gasteiger partial charge in [0.15, 0.2) is 6.10 Å². The number of nitrogens with zero attached hydrogens (tertiary/aromatic N) is 2. The first-order chi connectivity index (χ1) is 17.9. The number of benzene rings is 2. The smallest absolute Gasteiger partial charge is 0.337 e. The topological polar surface area (TPSA) is 150 Å². The molecule has 2 aromatic carbocycles. The molecule has 0 spiro atoms. The highest BCUT2D eigenvalue weighted by Gasteiger charge is 2.49. The third-order valence-electron chi connectivity index (χ3n) is 4.89. The quantitative estimate of drug-likeness (QED) is 0.464. The Hall–Kier alpha value is -2.86. The van der Waals surface area contributed by atoms with Gasteiger partial charge >= 0.3 is 5.97 Å². The highest BCUT2D eigenvalue weighted by atomic mass is 35.5.